The highest BCUT2D eigenvalue weighted by Gasteiger charge is 2.29. The van der Waals surface area contributed by atoms with Crippen LogP contribution in [-0.2, 0) is 16.0 Å². The summed E-state index contributed by atoms with van der Waals surface area (Å²) >= 11 is 3.62. The van der Waals surface area contributed by atoms with Crippen LogP contribution in [0, 0.1) is 0 Å². The van der Waals surface area contributed by atoms with E-state index in [0.29, 0.717) is 13.0 Å². The molecule has 0 saturated heterocycles. The van der Waals surface area contributed by atoms with Crippen LogP contribution in [0.2, 0.25) is 0 Å². The second kappa shape index (κ2) is 6.71. The second-order valence-electron chi connectivity index (χ2n) is 6.44. The Kier molecular flexibility index (Phi) is 4.42. The van der Waals surface area contributed by atoms with E-state index in [0.717, 1.165) is 34.4 Å². The van der Waals surface area contributed by atoms with Crippen molar-refractivity contribution in [3.05, 3.63) is 57.6 Å². The summed E-state index contributed by atoms with van der Waals surface area (Å²) in [6.07, 6.45) is 2.40. The third-order valence-corrected chi connectivity index (χ3v) is 5.69. The Morgan fingerprint density at radius 1 is 1.28 bits per heavy atom. The number of methoxy groups -OCH3 is 1. The van der Waals surface area contributed by atoms with Gasteiger partial charge in [0.15, 0.2) is 0 Å². The number of hydrogen-bond donors (Lipinski definition) is 0. The first-order valence-corrected chi connectivity index (χ1v) is 9.22. The minimum Gasteiger partial charge on any atom is -0.492 e. The molecule has 2 aromatic carbocycles. The molecule has 130 valence electrons. The monoisotopic (exact) mass is 402 g/mol. The van der Waals surface area contributed by atoms with Gasteiger partial charge in [-0.3, -0.25) is 4.79 Å². The first-order valence-electron chi connectivity index (χ1n) is 8.43. The number of ether oxygens (including phenoxy) is 3. The fraction of sp³-hybridized carbons (Fsp3) is 0.350. The summed E-state index contributed by atoms with van der Waals surface area (Å²) in [5.41, 5.74) is 3.63. The molecule has 0 bridgehead atoms. The predicted octanol–water partition coefficient (Wildman–Crippen LogP) is 4.55. The average molecular weight is 403 g/mol. The molecule has 1 unspecified atom stereocenters. The Labute approximate surface area is 155 Å². The lowest BCUT2D eigenvalue weighted by Crippen LogP contribution is -2.09. The predicted molar refractivity (Wildman–Crippen MR) is 97.1 cm³/mol. The SMILES string of the molecule is COC(=O)CC1COc2cc(O[C@@H]3CCc4c(Br)cccc43)ccc21. The van der Waals surface area contributed by atoms with Crippen LogP contribution in [0.1, 0.15) is 41.6 Å². The second-order valence-corrected chi connectivity index (χ2v) is 7.29. The van der Waals surface area contributed by atoms with Gasteiger partial charge in [0.1, 0.15) is 17.6 Å². The number of fused-ring (bicyclic) bond motifs is 2. The van der Waals surface area contributed by atoms with Gasteiger partial charge in [0, 0.05) is 22.0 Å². The van der Waals surface area contributed by atoms with Crippen molar-refractivity contribution in [2.45, 2.75) is 31.3 Å². The van der Waals surface area contributed by atoms with Gasteiger partial charge in [0.2, 0.25) is 0 Å². The molecule has 25 heavy (non-hydrogen) atoms. The Morgan fingerprint density at radius 2 is 2.16 bits per heavy atom. The fourth-order valence-electron chi connectivity index (χ4n) is 3.64. The van der Waals surface area contributed by atoms with Crippen molar-refractivity contribution in [1.29, 1.82) is 0 Å². The van der Waals surface area contributed by atoms with Gasteiger partial charge < -0.3 is 14.2 Å². The van der Waals surface area contributed by atoms with Gasteiger partial charge >= 0.3 is 5.97 Å². The lowest BCUT2D eigenvalue weighted by molar-refractivity contribution is -0.141. The van der Waals surface area contributed by atoms with Crippen molar-refractivity contribution >= 4 is 21.9 Å². The van der Waals surface area contributed by atoms with Gasteiger partial charge in [-0.2, -0.15) is 0 Å². The van der Waals surface area contributed by atoms with Crippen molar-refractivity contribution in [2.75, 3.05) is 13.7 Å². The van der Waals surface area contributed by atoms with Gasteiger partial charge in [0.05, 0.1) is 20.1 Å². The lowest BCUT2D eigenvalue weighted by Gasteiger charge is -2.16. The largest absolute Gasteiger partial charge is 0.492 e. The summed E-state index contributed by atoms with van der Waals surface area (Å²) in [7, 11) is 1.41. The van der Waals surface area contributed by atoms with Crippen molar-refractivity contribution in [1.82, 2.24) is 0 Å². The smallest absolute Gasteiger partial charge is 0.306 e. The third kappa shape index (κ3) is 3.13. The van der Waals surface area contributed by atoms with Crippen molar-refractivity contribution in [3.8, 4) is 11.5 Å². The highest BCUT2D eigenvalue weighted by molar-refractivity contribution is 9.10. The molecule has 5 heteroatoms. The minimum absolute atomic E-state index is 0.0552. The molecule has 4 nitrogen and oxygen atoms in total. The number of halogens is 1. The van der Waals surface area contributed by atoms with Crippen LogP contribution in [0.5, 0.6) is 11.5 Å². The molecule has 1 aliphatic carbocycles. The molecule has 0 fully saturated rings. The molecule has 0 N–H and O–H groups in total. The van der Waals surface area contributed by atoms with E-state index < -0.39 is 0 Å². The fourth-order valence-corrected chi connectivity index (χ4v) is 4.22. The van der Waals surface area contributed by atoms with E-state index in [1.165, 1.54) is 18.2 Å². The normalized spacial score (nSPS) is 20.6. The number of esters is 1. The topological polar surface area (TPSA) is 44.8 Å². The van der Waals surface area contributed by atoms with Crippen LogP contribution in [0.3, 0.4) is 0 Å². The van der Waals surface area contributed by atoms with E-state index >= 15 is 0 Å². The zero-order valence-corrected chi connectivity index (χ0v) is 15.5. The summed E-state index contributed by atoms with van der Waals surface area (Å²) in [6.45, 7) is 0.507. The molecule has 1 heterocycles. The molecule has 0 radical (unpaired) electrons. The standard InChI is InChI=1S/C20H19BrO4/c1-23-20(22)9-12-11-24-19-10-13(5-6-14(12)19)25-18-8-7-15-16(18)3-2-4-17(15)21/h2-6,10,12,18H,7-9,11H2,1H3/t12?,18-/m1/s1. The average Bonchev–Trinajstić information content (AvgIpc) is 3.20. The van der Waals surface area contributed by atoms with Crippen LogP contribution >= 0.6 is 15.9 Å². The maximum Gasteiger partial charge on any atom is 0.306 e. The Morgan fingerprint density at radius 3 is 3.00 bits per heavy atom. The summed E-state index contributed by atoms with van der Waals surface area (Å²) in [4.78, 5) is 11.5. The van der Waals surface area contributed by atoms with Crippen LogP contribution in [0.4, 0.5) is 0 Å². The van der Waals surface area contributed by atoms with E-state index in [1.807, 2.05) is 24.3 Å². The van der Waals surface area contributed by atoms with Crippen molar-refractivity contribution in [2.24, 2.45) is 0 Å². The Balaban J connectivity index is 1.51. The molecule has 2 aliphatic rings. The van der Waals surface area contributed by atoms with Gasteiger partial charge in [-0.05, 0) is 36.1 Å². The zero-order valence-electron chi connectivity index (χ0n) is 14.0. The van der Waals surface area contributed by atoms with E-state index in [1.54, 1.807) is 0 Å². The van der Waals surface area contributed by atoms with Crippen LogP contribution in [0.25, 0.3) is 0 Å². The number of benzene rings is 2. The number of carbonyl (C=O) groups is 1. The zero-order chi connectivity index (χ0) is 17.4. The molecule has 2 atom stereocenters. The molecule has 0 amide bonds. The van der Waals surface area contributed by atoms with Crippen LogP contribution in [0.15, 0.2) is 40.9 Å². The molecule has 0 spiro atoms. The summed E-state index contributed by atoms with van der Waals surface area (Å²) in [6, 6.07) is 12.2. The van der Waals surface area contributed by atoms with E-state index in [-0.39, 0.29) is 18.0 Å². The maximum absolute atomic E-state index is 11.5. The molecule has 4 rings (SSSR count). The Bertz CT molecular complexity index is 817. The highest BCUT2D eigenvalue weighted by atomic mass is 79.9. The summed E-state index contributed by atoms with van der Waals surface area (Å²) in [5.74, 6) is 1.45. The molecule has 2 aromatic rings. The minimum atomic E-state index is -0.213. The number of hydrogen-bond acceptors (Lipinski definition) is 4. The highest BCUT2D eigenvalue weighted by Crippen LogP contribution is 2.42. The summed E-state index contributed by atoms with van der Waals surface area (Å²) < 4.78 is 17.9. The van der Waals surface area contributed by atoms with Crippen LogP contribution < -0.4 is 9.47 Å². The van der Waals surface area contributed by atoms with Crippen LogP contribution in [-0.4, -0.2) is 19.7 Å². The molecule has 0 aromatic heterocycles. The molecular formula is C20H19BrO4. The first-order chi connectivity index (χ1) is 12.2. The quantitative estimate of drug-likeness (QED) is 0.703. The van der Waals surface area contributed by atoms with Crippen molar-refractivity contribution < 1.29 is 19.0 Å². The molecule has 1 aliphatic heterocycles. The van der Waals surface area contributed by atoms with Gasteiger partial charge in [-0.15, -0.1) is 0 Å². The molecule has 0 saturated carbocycles. The van der Waals surface area contributed by atoms with E-state index in [2.05, 4.69) is 28.1 Å². The number of rotatable bonds is 4. The lowest BCUT2D eigenvalue weighted by atomic mass is 9.98. The van der Waals surface area contributed by atoms with Gasteiger partial charge in [0.25, 0.3) is 0 Å². The van der Waals surface area contributed by atoms with E-state index in [9.17, 15) is 4.79 Å². The summed E-state index contributed by atoms with van der Waals surface area (Å²) in [5, 5.41) is 0. The van der Waals surface area contributed by atoms with Gasteiger partial charge in [-0.25, -0.2) is 0 Å². The first kappa shape index (κ1) is 16.5. The van der Waals surface area contributed by atoms with Crippen molar-refractivity contribution in [3.63, 3.8) is 0 Å². The van der Waals surface area contributed by atoms with Gasteiger partial charge in [-0.1, -0.05) is 34.1 Å². The third-order valence-electron chi connectivity index (χ3n) is 4.94. The number of carbonyl (C=O) groups excluding carboxylic acids is 1. The Hall–Kier alpha value is -2.01. The maximum atomic E-state index is 11.5. The molecular weight excluding hydrogens is 384 g/mol. The van der Waals surface area contributed by atoms with E-state index in [4.69, 9.17) is 14.2 Å².